The van der Waals surface area contributed by atoms with Crippen molar-refractivity contribution in [2.24, 2.45) is 0 Å². The molecule has 0 aliphatic rings. The zero-order valence-electron chi connectivity index (χ0n) is 7.01. The van der Waals surface area contributed by atoms with E-state index in [1.54, 1.807) is 12.1 Å². The molecular weight excluding hydrogens is 208 g/mol. The molecule has 0 heterocycles. The molecular formula is C9H7ClO4. The second kappa shape index (κ2) is 4.62. The number of carbonyl (C=O) groups is 2. The number of carboxylic acid groups (broad SMARTS) is 1. The van der Waals surface area contributed by atoms with Crippen molar-refractivity contribution in [2.75, 3.05) is 0 Å². The molecule has 0 aliphatic carbocycles. The molecule has 5 heteroatoms. The Balaban J connectivity index is 2.72. The number of rotatable bonds is 4. The van der Waals surface area contributed by atoms with E-state index in [9.17, 15) is 9.59 Å². The normalized spacial score (nSPS) is 11.8. The van der Waals surface area contributed by atoms with E-state index in [1.165, 1.54) is 12.1 Å². The summed E-state index contributed by atoms with van der Waals surface area (Å²) in [6.45, 7) is 0. The quantitative estimate of drug-likeness (QED) is 0.607. The Morgan fingerprint density at radius 1 is 1.43 bits per heavy atom. The molecule has 0 saturated carbocycles. The van der Waals surface area contributed by atoms with Gasteiger partial charge in [0.25, 0.3) is 0 Å². The topological polar surface area (TPSA) is 63.6 Å². The molecule has 14 heavy (non-hydrogen) atoms. The van der Waals surface area contributed by atoms with Gasteiger partial charge in [-0.25, -0.2) is 4.79 Å². The molecule has 1 aromatic rings. The lowest BCUT2D eigenvalue weighted by Crippen LogP contribution is -2.28. The van der Waals surface area contributed by atoms with E-state index in [4.69, 9.17) is 21.4 Å². The third-order valence-electron chi connectivity index (χ3n) is 1.44. The number of aliphatic carboxylic acids is 1. The molecule has 1 rings (SSSR count). The first-order chi connectivity index (χ1) is 6.63. The van der Waals surface area contributed by atoms with Crippen molar-refractivity contribution < 1.29 is 19.4 Å². The average molecular weight is 215 g/mol. The summed E-state index contributed by atoms with van der Waals surface area (Å²) in [6.07, 6.45) is -1.26. The van der Waals surface area contributed by atoms with Crippen LogP contribution in [0.4, 0.5) is 0 Å². The first-order valence-corrected chi connectivity index (χ1v) is 4.11. The van der Waals surface area contributed by atoms with Gasteiger partial charge in [0.05, 0.1) is 0 Å². The van der Waals surface area contributed by atoms with Crippen LogP contribution in [0.1, 0.15) is 0 Å². The second-order valence-electron chi connectivity index (χ2n) is 2.47. The molecule has 1 N–H and O–H groups in total. The summed E-state index contributed by atoms with van der Waals surface area (Å²) >= 11 is 5.60. The molecule has 0 aliphatic heterocycles. The van der Waals surface area contributed by atoms with E-state index >= 15 is 0 Å². The number of hydrogen-bond acceptors (Lipinski definition) is 3. The Morgan fingerprint density at radius 2 is 2.00 bits per heavy atom. The molecule has 0 radical (unpaired) electrons. The van der Waals surface area contributed by atoms with Gasteiger partial charge >= 0.3 is 5.97 Å². The summed E-state index contributed by atoms with van der Waals surface area (Å²) in [6, 6.07) is 6.06. The van der Waals surface area contributed by atoms with Crippen LogP contribution in [0.5, 0.6) is 5.75 Å². The van der Waals surface area contributed by atoms with Gasteiger partial charge < -0.3 is 9.84 Å². The zero-order valence-corrected chi connectivity index (χ0v) is 7.77. The fourth-order valence-electron chi connectivity index (χ4n) is 0.796. The van der Waals surface area contributed by atoms with Gasteiger partial charge in [0, 0.05) is 5.02 Å². The van der Waals surface area contributed by atoms with E-state index in [0.29, 0.717) is 5.02 Å². The van der Waals surface area contributed by atoms with Crippen molar-refractivity contribution in [3.63, 3.8) is 0 Å². The number of carbonyl (C=O) groups excluding carboxylic acids is 1. The van der Waals surface area contributed by atoms with Gasteiger partial charge in [-0.15, -0.1) is 0 Å². The molecule has 4 nitrogen and oxygen atoms in total. The lowest BCUT2D eigenvalue weighted by atomic mass is 10.3. The number of benzene rings is 1. The Labute approximate surface area is 85.1 Å². The van der Waals surface area contributed by atoms with Gasteiger partial charge in [0.2, 0.25) is 6.10 Å². The van der Waals surface area contributed by atoms with Gasteiger partial charge in [-0.1, -0.05) is 11.6 Å². The molecule has 1 atom stereocenters. The Morgan fingerprint density at radius 3 is 2.43 bits per heavy atom. The van der Waals surface area contributed by atoms with Crippen LogP contribution in [-0.2, 0) is 9.59 Å². The van der Waals surface area contributed by atoms with E-state index in [-0.39, 0.29) is 12.0 Å². The van der Waals surface area contributed by atoms with Gasteiger partial charge in [0.15, 0.2) is 6.29 Å². The molecule has 1 unspecified atom stereocenters. The highest BCUT2D eigenvalue weighted by Crippen LogP contribution is 2.16. The fraction of sp³-hybridized carbons (Fsp3) is 0.111. The summed E-state index contributed by atoms with van der Waals surface area (Å²) < 4.78 is 4.85. The van der Waals surface area contributed by atoms with Crippen LogP contribution < -0.4 is 4.74 Å². The number of aldehydes is 1. The van der Waals surface area contributed by atoms with Crippen molar-refractivity contribution >= 4 is 23.9 Å². The monoisotopic (exact) mass is 214 g/mol. The molecule has 0 bridgehead atoms. The molecule has 0 aromatic heterocycles. The zero-order chi connectivity index (χ0) is 10.6. The number of carboxylic acids is 1. The number of hydrogen-bond donors (Lipinski definition) is 1. The predicted octanol–water partition coefficient (Wildman–Crippen LogP) is 1.37. The first kappa shape index (κ1) is 10.5. The van der Waals surface area contributed by atoms with Crippen LogP contribution >= 0.6 is 11.6 Å². The molecule has 74 valence electrons. The minimum absolute atomic E-state index is 0.219. The van der Waals surface area contributed by atoms with E-state index in [2.05, 4.69) is 0 Å². The summed E-state index contributed by atoms with van der Waals surface area (Å²) in [7, 11) is 0. The highest BCUT2D eigenvalue weighted by Gasteiger charge is 2.17. The smallest absolute Gasteiger partial charge is 0.352 e. The van der Waals surface area contributed by atoms with Gasteiger partial charge in [0.1, 0.15) is 5.75 Å². The summed E-state index contributed by atoms with van der Waals surface area (Å²) in [5, 5.41) is 9.02. The molecule has 0 fully saturated rings. The van der Waals surface area contributed by atoms with Gasteiger partial charge in [-0.05, 0) is 24.3 Å². The highest BCUT2D eigenvalue weighted by molar-refractivity contribution is 6.30. The van der Waals surface area contributed by atoms with Crippen LogP contribution in [-0.4, -0.2) is 23.5 Å². The number of halogens is 1. The average Bonchev–Trinajstić information content (AvgIpc) is 2.16. The van der Waals surface area contributed by atoms with Crippen LogP contribution in [0.15, 0.2) is 24.3 Å². The van der Waals surface area contributed by atoms with Crippen molar-refractivity contribution in [3.8, 4) is 5.75 Å². The van der Waals surface area contributed by atoms with Crippen molar-refractivity contribution in [1.82, 2.24) is 0 Å². The fourth-order valence-corrected chi connectivity index (χ4v) is 0.922. The summed E-state index contributed by atoms with van der Waals surface area (Å²) in [4.78, 5) is 20.7. The first-order valence-electron chi connectivity index (χ1n) is 3.74. The predicted molar refractivity (Wildman–Crippen MR) is 49.6 cm³/mol. The van der Waals surface area contributed by atoms with Crippen molar-refractivity contribution in [2.45, 2.75) is 6.10 Å². The van der Waals surface area contributed by atoms with Crippen LogP contribution in [0, 0.1) is 0 Å². The summed E-state index contributed by atoms with van der Waals surface area (Å²) in [5.41, 5.74) is 0. The molecule has 0 spiro atoms. The molecule has 1 aromatic carbocycles. The van der Waals surface area contributed by atoms with Gasteiger partial charge in [-0.3, -0.25) is 4.79 Å². The highest BCUT2D eigenvalue weighted by atomic mass is 35.5. The van der Waals surface area contributed by atoms with E-state index < -0.39 is 12.1 Å². The minimum atomic E-state index is -1.48. The maximum absolute atomic E-state index is 10.4. The number of ether oxygens (including phenoxy) is 1. The standard InChI is InChI=1S/C9H7ClO4/c10-6-1-3-7(4-2-6)14-8(5-11)9(12)13/h1-5,8H,(H,12,13). The summed E-state index contributed by atoms with van der Waals surface area (Å²) in [5.74, 6) is -1.04. The van der Waals surface area contributed by atoms with E-state index in [1.807, 2.05) is 0 Å². The third kappa shape index (κ3) is 2.74. The van der Waals surface area contributed by atoms with Crippen LogP contribution in [0.2, 0.25) is 5.02 Å². The molecule has 0 saturated heterocycles. The van der Waals surface area contributed by atoms with Crippen molar-refractivity contribution in [3.05, 3.63) is 29.3 Å². The lowest BCUT2D eigenvalue weighted by molar-refractivity contribution is -0.147. The van der Waals surface area contributed by atoms with Crippen LogP contribution in [0.25, 0.3) is 0 Å². The molecule has 0 amide bonds. The maximum atomic E-state index is 10.4. The second-order valence-corrected chi connectivity index (χ2v) is 2.90. The Bertz CT molecular complexity index is 333. The maximum Gasteiger partial charge on any atom is 0.352 e. The van der Waals surface area contributed by atoms with Gasteiger partial charge in [-0.2, -0.15) is 0 Å². The van der Waals surface area contributed by atoms with Crippen molar-refractivity contribution in [1.29, 1.82) is 0 Å². The van der Waals surface area contributed by atoms with Crippen LogP contribution in [0.3, 0.4) is 0 Å². The minimum Gasteiger partial charge on any atom is -0.478 e. The lowest BCUT2D eigenvalue weighted by Gasteiger charge is -2.08. The Hall–Kier alpha value is -1.55. The largest absolute Gasteiger partial charge is 0.478 e. The third-order valence-corrected chi connectivity index (χ3v) is 1.70. The Kier molecular flexibility index (Phi) is 3.48. The van der Waals surface area contributed by atoms with E-state index in [0.717, 1.165) is 0 Å². The SMILES string of the molecule is O=CC(Oc1ccc(Cl)cc1)C(=O)O.